The number of carbonyl (C=O) groups is 3. The molecule has 0 aliphatic heterocycles. The van der Waals surface area contributed by atoms with Crippen LogP contribution in [0.4, 0.5) is 0 Å². The Balaban J connectivity index is 1.81. The van der Waals surface area contributed by atoms with Crippen molar-refractivity contribution in [3.05, 3.63) is 70.2 Å². The molecule has 0 aliphatic carbocycles. The summed E-state index contributed by atoms with van der Waals surface area (Å²) in [6, 6.07) is 13.5. The summed E-state index contributed by atoms with van der Waals surface area (Å²) in [4.78, 5) is 34.9. The number of benzene rings is 2. The Morgan fingerprint density at radius 3 is 2.26 bits per heavy atom. The van der Waals surface area contributed by atoms with Gasteiger partial charge in [0.2, 0.25) is 5.91 Å². The molecule has 0 spiro atoms. The van der Waals surface area contributed by atoms with E-state index in [9.17, 15) is 14.4 Å². The van der Waals surface area contributed by atoms with Gasteiger partial charge < -0.3 is 15.4 Å². The van der Waals surface area contributed by atoms with Crippen LogP contribution in [0, 0.1) is 0 Å². The van der Waals surface area contributed by atoms with Gasteiger partial charge in [0.1, 0.15) is 0 Å². The molecule has 6 nitrogen and oxygen atoms in total. The summed E-state index contributed by atoms with van der Waals surface area (Å²) < 4.78 is 5.04. The van der Waals surface area contributed by atoms with Gasteiger partial charge >= 0.3 is 5.97 Å². The van der Waals surface area contributed by atoms with Crippen LogP contribution in [-0.2, 0) is 20.9 Å². The summed E-state index contributed by atoms with van der Waals surface area (Å²) >= 11 is 5.84. The normalized spacial score (nSPS) is 11.4. The highest BCUT2D eigenvalue weighted by Crippen LogP contribution is 2.16. The van der Waals surface area contributed by atoms with E-state index in [1.807, 2.05) is 19.1 Å². The first kappa shape index (κ1) is 20.5. The lowest BCUT2D eigenvalue weighted by Gasteiger charge is -2.14. The molecule has 142 valence electrons. The molecule has 1 unspecified atom stereocenters. The van der Waals surface area contributed by atoms with E-state index in [-0.39, 0.29) is 18.6 Å². The number of halogens is 1. The second kappa shape index (κ2) is 9.73. The quantitative estimate of drug-likeness (QED) is 0.714. The molecule has 2 amide bonds. The highest BCUT2D eigenvalue weighted by molar-refractivity contribution is 6.30. The van der Waals surface area contributed by atoms with Gasteiger partial charge in [0, 0.05) is 18.5 Å². The Kier molecular flexibility index (Phi) is 7.37. The lowest BCUT2D eigenvalue weighted by molar-refractivity contribution is -0.125. The van der Waals surface area contributed by atoms with Crippen LogP contribution in [0.5, 0.6) is 0 Å². The predicted octanol–water partition coefficient (Wildman–Crippen LogP) is 3.01. The van der Waals surface area contributed by atoms with Crippen molar-refractivity contribution in [1.82, 2.24) is 10.6 Å². The van der Waals surface area contributed by atoms with E-state index in [1.54, 1.807) is 36.4 Å². The molecule has 7 heteroatoms. The molecule has 0 saturated carbocycles. The minimum atomic E-state index is -0.588. The first-order valence-corrected chi connectivity index (χ1v) is 8.78. The van der Waals surface area contributed by atoms with Crippen molar-refractivity contribution in [2.75, 3.05) is 6.61 Å². The van der Waals surface area contributed by atoms with Crippen LogP contribution < -0.4 is 10.6 Å². The third kappa shape index (κ3) is 6.75. The zero-order chi connectivity index (χ0) is 19.8. The number of rotatable bonds is 7. The number of esters is 1. The van der Waals surface area contributed by atoms with Gasteiger partial charge in [-0.3, -0.25) is 9.59 Å². The van der Waals surface area contributed by atoms with Gasteiger partial charge in [-0.1, -0.05) is 35.9 Å². The maximum atomic E-state index is 12.0. The number of nitrogens with one attached hydrogen (secondary N) is 2. The fraction of sp³-hybridized carbons (Fsp3) is 0.250. The summed E-state index contributed by atoms with van der Waals surface area (Å²) in [5, 5.41) is 6.05. The van der Waals surface area contributed by atoms with Gasteiger partial charge in [-0.2, -0.15) is 0 Å². The van der Waals surface area contributed by atoms with Gasteiger partial charge in [0.25, 0.3) is 5.91 Å². The average molecular weight is 389 g/mol. The topological polar surface area (TPSA) is 84.5 Å². The maximum absolute atomic E-state index is 12.0. The lowest BCUT2D eigenvalue weighted by atomic mass is 10.1. The molecule has 2 aromatic rings. The largest absolute Gasteiger partial charge is 0.452 e. The molecule has 0 aromatic heterocycles. The van der Waals surface area contributed by atoms with E-state index in [4.69, 9.17) is 16.3 Å². The zero-order valence-electron chi connectivity index (χ0n) is 15.1. The smallest absolute Gasteiger partial charge is 0.338 e. The van der Waals surface area contributed by atoms with Crippen LogP contribution in [0.25, 0.3) is 0 Å². The van der Waals surface area contributed by atoms with Crippen LogP contribution in [0.15, 0.2) is 48.5 Å². The lowest BCUT2D eigenvalue weighted by Crippen LogP contribution is -2.31. The van der Waals surface area contributed by atoms with Crippen molar-refractivity contribution < 1.29 is 19.1 Å². The molecule has 0 bridgehead atoms. The number of hydrogen-bond donors (Lipinski definition) is 2. The summed E-state index contributed by atoms with van der Waals surface area (Å²) in [6.45, 7) is 3.28. The van der Waals surface area contributed by atoms with Gasteiger partial charge in [-0.25, -0.2) is 4.79 Å². The molecule has 2 N–H and O–H groups in total. The Morgan fingerprint density at radius 2 is 1.67 bits per heavy atom. The maximum Gasteiger partial charge on any atom is 0.338 e. The summed E-state index contributed by atoms with van der Waals surface area (Å²) in [5.74, 6) is -1.11. The molecule has 0 fully saturated rings. The second-order valence-electron chi connectivity index (χ2n) is 6.02. The highest BCUT2D eigenvalue weighted by Gasteiger charge is 2.13. The molecule has 0 aliphatic rings. The fourth-order valence-corrected chi connectivity index (χ4v) is 2.44. The van der Waals surface area contributed by atoms with Crippen molar-refractivity contribution in [2.45, 2.75) is 26.4 Å². The van der Waals surface area contributed by atoms with Gasteiger partial charge in [0.15, 0.2) is 6.61 Å². The van der Waals surface area contributed by atoms with E-state index in [0.717, 1.165) is 11.1 Å². The highest BCUT2D eigenvalue weighted by atomic mass is 35.5. The molecule has 0 heterocycles. The molecule has 2 aromatic carbocycles. The van der Waals surface area contributed by atoms with Crippen molar-refractivity contribution in [1.29, 1.82) is 0 Å². The average Bonchev–Trinajstić information content (AvgIpc) is 2.65. The standard InChI is InChI=1S/C20H21ClN2O4/c1-13(16-7-9-18(21)10-8-16)23-19(25)12-27-20(26)17-5-3-15(4-6-17)11-22-14(2)24/h3-10,13H,11-12H2,1-2H3,(H,22,24)(H,23,25). The fourth-order valence-electron chi connectivity index (χ4n) is 2.32. The summed E-state index contributed by atoms with van der Waals surface area (Å²) in [7, 11) is 0. The van der Waals surface area contributed by atoms with Crippen molar-refractivity contribution >= 4 is 29.4 Å². The first-order chi connectivity index (χ1) is 12.8. The minimum absolute atomic E-state index is 0.127. The number of ether oxygens (including phenoxy) is 1. The molecule has 27 heavy (non-hydrogen) atoms. The SMILES string of the molecule is CC(=O)NCc1ccc(C(=O)OCC(=O)NC(C)c2ccc(Cl)cc2)cc1. The summed E-state index contributed by atoms with van der Waals surface area (Å²) in [5.41, 5.74) is 2.09. The Labute approximate surface area is 162 Å². The third-order valence-corrected chi connectivity index (χ3v) is 4.06. The molecule has 0 saturated heterocycles. The van der Waals surface area contributed by atoms with E-state index >= 15 is 0 Å². The van der Waals surface area contributed by atoms with Gasteiger partial charge in [-0.05, 0) is 42.3 Å². The minimum Gasteiger partial charge on any atom is -0.452 e. The van der Waals surface area contributed by atoms with E-state index in [1.165, 1.54) is 6.92 Å². The van der Waals surface area contributed by atoms with Gasteiger partial charge in [0.05, 0.1) is 11.6 Å². The Hall–Kier alpha value is -2.86. The van der Waals surface area contributed by atoms with Crippen LogP contribution in [0.2, 0.25) is 5.02 Å². The van der Waals surface area contributed by atoms with Crippen molar-refractivity contribution in [3.8, 4) is 0 Å². The molecule has 0 radical (unpaired) electrons. The van der Waals surface area contributed by atoms with E-state index < -0.39 is 11.9 Å². The molecule has 2 rings (SSSR count). The number of carbonyl (C=O) groups excluding carboxylic acids is 3. The molecular weight excluding hydrogens is 368 g/mol. The van der Waals surface area contributed by atoms with Crippen molar-refractivity contribution in [3.63, 3.8) is 0 Å². The van der Waals surface area contributed by atoms with Gasteiger partial charge in [-0.15, -0.1) is 0 Å². The monoisotopic (exact) mass is 388 g/mol. The molecular formula is C20H21ClN2O4. The van der Waals surface area contributed by atoms with Crippen LogP contribution in [0.1, 0.15) is 41.4 Å². The Bertz CT molecular complexity index is 804. The Morgan fingerprint density at radius 1 is 1.04 bits per heavy atom. The van der Waals surface area contributed by atoms with Crippen LogP contribution in [0.3, 0.4) is 0 Å². The second-order valence-corrected chi connectivity index (χ2v) is 6.46. The van der Waals surface area contributed by atoms with Crippen molar-refractivity contribution in [2.24, 2.45) is 0 Å². The predicted molar refractivity (Wildman–Crippen MR) is 102 cm³/mol. The molecule has 1 atom stereocenters. The van der Waals surface area contributed by atoms with Crippen LogP contribution >= 0.6 is 11.6 Å². The zero-order valence-corrected chi connectivity index (χ0v) is 15.9. The number of hydrogen-bond acceptors (Lipinski definition) is 4. The number of amides is 2. The van der Waals surface area contributed by atoms with E-state index in [2.05, 4.69) is 10.6 Å². The summed E-state index contributed by atoms with van der Waals surface area (Å²) in [6.07, 6.45) is 0. The first-order valence-electron chi connectivity index (χ1n) is 8.40. The van der Waals surface area contributed by atoms with E-state index in [0.29, 0.717) is 17.1 Å². The third-order valence-electron chi connectivity index (χ3n) is 3.81. The van der Waals surface area contributed by atoms with Crippen LogP contribution in [-0.4, -0.2) is 24.4 Å².